The molecule has 0 radical (unpaired) electrons. The molecule has 0 aromatic heterocycles. The maximum atomic E-state index is 13.3. The molecule has 0 spiro atoms. The maximum Gasteiger partial charge on any atom is 0.321 e. The topological polar surface area (TPSA) is 78.5 Å². The first-order chi connectivity index (χ1) is 11.4. The van der Waals surface area contributed by atoms with E-state index in [0.29, 0.717) is 24.5 Å². The number of anilines is 2. The van der Waals surface area contributed by atoms with Gasteiger partial charge < -0.3 is 5.32 Å². The zero-order valence-corrected chi connectivity index (χ0v) is 13.7. The third-order valence-electron chi connectivity index (χ3n) is 3.73. The lowest BCUT2D eigenvalue weighted by Crippen LogP contribution is -2.27. The number of amides is 2. The van der Waals surface area contributed by atoms with Gasteiger partial charge in [0, 0.05) is 24.5 Å². The van der Waals surface area contributed by atoms with E-state index in [9.17, 15) is 17.6 Å². The normalized spacial score (nSPS) is 14.6. The van der Waals surface area contributed by atoms with Crippen LogP contribution >= 0.6 is 0 Å². The molecule has 1 heterocycles. The molecule has 0 saturated carbocycles. The number of carbonyl (C=O) groups excluding carboxylic acids is 1. The van der Waals surface area contributed by atoms with Crippen LogP contribution in [0.3, 0.4) is 0 Å². The van der Waals surface area contributed by atoms with Gasteiger partial charge in [-0.3, -0.25) is 9.62 Å². The van der Waals surface area contributed by atoms with Gasteiger partial charge in [0.1, 0.15) is 5.82 Å². The predicted octanol–water partition coefficient (Wildman–Crippen LogP) is 2.46. The number of aryl methyl sites for hydroxylation is 1. The molecule has 3 rings (SSSR count). The lowest BCUT2D eigenvalue weighted by Gasteiger charge is -2.15. The number of sulfonamides is 1. The number of nitrogens with zero attached hydrogens (tertiary/aromatic N) is 1. The molecular formula is C16H16FN3O3S. The minimum absolute atomic E-state index is 0.00982. The molecule has 1 saturated heterocycles. The highest BCUT2D eigenvalue weighted by molar-refractivity contribution is 7.92. The molecule has 0 unspecified atom stereocenters. The van der Waals surface area contributed by atoms with E-state index in [2.05, 4.69) is 10.0 Å². The van der Waals surface area contributed by atoms with Crippen LogP contribution in [0.25, 0.3) is 0 Å². The summed E-state index contributed by atoms with van der Waals surface area (Å²) >= 11 is 0. The van der Waals surface area contributed by atoms with Crippen molar-refractivity contribution in [3.05, 3.63) is 53.8 Å². The van der Waals surface area contributed by atoms with Crippen molar-refractivity contribution in [2.75, 3.05) is 22.7 Å². The molecule has 1 aliphatic rings. The van der Waals surface area contributed by atoms with E-state index in [1.807, 2.05) is 0 Å². The Bertz CT molecular complexity index is 882. The molecule has 6 nitrogen and oxygen atoms in total. The standard InChI is InChI=1S/C16H16FN3O3S/c1-11-10-14(6-7-15(11)17)24(22,23)19-12-2-4-13(5-3-12)20-9-8-18-16(20)21/h2-7,10,19H,8-9H2,1H3,(H,18,21). The van der Waals surface area contributed by atoms with Crippen molar-refractivity contribution in [1.82, 2.24) is 5.32 Å². The summed E-state index contributed by atoms with van der Waals surface area (Å²) in [6.45, 7) is 2.65. The number of carbonyl (C=O) groups is 1. The summed E-state index contributed by atoms with van der Waals surface area (Å²) in [5.74, 6) is -0.456. The number of benzene rings is 2. The molecule has 2 aromatic rings. The summed E-state index contributed by atoms with van der Waals surface area (Å²) in [5.41, 5.74) is 1.30. The molecule has 1 aliphatic heterocycles. The van der Waals surface area contributed by atoms with Gasteiger partial charge in [0.25, 0.3) is 10.0 Å². The number of rotatable bonds is 4. The summed E-state index contributed by atoms with van der Waals surface area (Å²) in [4.78, 5) is 13.2. The Labute approximate surface area is 139 Å². The minimum atomic E-state index is -3.80. The van der Waals surface area contributed by atoms with Crippen LogP contribution < -0.4 is 14.9 Å². The van der Waals surface area contributed by atoms with Crippen LogP contribution in [0.1, 0.15) is 5.56 Å². The van der Waals surface area contributed by atoms with Crippen LogP contribution in [0.5, 0.6) is 0 Å². The molecular weight excluding hydrogens is 333 g/mol. The summed E-state index contributed by atoms with van der Waals surface area (Å²) in [5, 5.41) is 2.70. The van der Waals surface area contributed by atoms with Gasteiger partial charge in [-0.25, -0.2) is 17.6 Å². The highest BCUT2D eigenvalue weighted by Crippen LogP contribution is 2.22. The van der Waals surface area contributed by atoms with E-state index in [-0.39, 0.29) is 16.5 Å². The van der Waals surface area contributed by atoms with Crippen LogP contribution in [0.15, 0.2) is 47.4 Å². The van der Waals surface area contributed by atoms with Gasteiger partial charge in [-0.1, -0.05) is 0 Å². The number of nitrogens with one attached hydrogen (secondary N) is 2. The lowest BCUT2D eigenvalue weighted by atomic mass is 10.2. The second kappa shape index (κ2) is 6.12. The van der Waals surface area contributed by atoms with E-state index >= 15 is 0 Å². The Hall–Kier alpha value is -2.61. The fourth-order valence-corrected chi connectivity index (χ4v) is 3.57. The van der Waals surface area contributed by atoms with Crippen molar-refractivity contribution in [2.45, 2.75) is 11.8 Å². The van der Waals surface area contributed by atoms with Gasteiger partial charge in [0.05, 0.1) is 4.90 Å². The van der Waals surface area contributed by atoms with Crippen molar-refractivity contribution < 1.29 is 17.6 Å². The smallest absolute Gasteiger partial charge is 0.321 e. The Balaban J connectivity index is 1.80. The molecule has 0 aliphatic carbocycles. The van der Waals surface area contributed by atoms with E-state index in [1.54, 1.807) is 29.2 Å². The molecule has 8 heteroatoms. The maximum absolute atomic E-state index is 13.3. The van der Waals surface area contributed by atoms with Crippen LogP contribution in [0, 0.1) is 12.7 Å². The van der Waals surface area contributed by atoms with E-state index in [1.165, 1.54) is 19.1 Å². The average Bonchev–Trinajstić information content (AvgIpc) is 2.96. The Morgan fingerprint density at radius 2 is 1.88 bits per heavy atom. The highest BCUT2D eigenvalue weighted by Gasteiger charge is 2.21. The molecule has 24 heavy (non-hydrogen) atoms. The van der Waals surface area contributed by atoms with Crippen LogP contribution in [-0.2, 0) is 10.0 Å². The first kappa shape index (κ1) is 16.3. The Morgan fingerprint density at radius 1 is 1.17 bits per heavy atom. The fraction of sp³-hybridized carbons (Fsp3) is 0.188. The van der Waals surface area contributed by atoms with Crippen LogP contribution in [-0.4, -0.2) is 27.5 Å². The van der Waals surface area contributed by atoms with Crippen LogP contribution in [0.2, 0.25) is 0 Å². The van der Waals surface area contributed by atoms with Gasteiger partial charge in [0.15, 0.2) is 0 Å². The highest BCUT2D eigenvalue weighted by atomic mass is 32.2. The summed E-state index contributed by atoms with van der Waals surface area (Å²) < 4.78 is 40.4. The first-order valence-corrected chi connectivity index (χ1v) is 8.79. The van der Waals surface area contributed by atoms with E-state index < -0.39 is 15.8 Å². The fourth-order valence-electron chi connectivity index (χ4n) is 2.43. The number of halogens is 1. The second-order valence-corrected chi connectivity index (χ2v) is 7.13. The van der Waals surface area contributed by atoms with Crippen LogP contribution in [0.4, 0.5) is 20.6 Å². The zero-order chi connectivity index (χ0) is 17.3. The van der Waals surface area contributed by atoms with Crippen molar-refractivity contribution in [3.8, 4) is 0 Å². The van der Waals surface area contributed by atoms with Gasteiger partial charge in [-0.15, -0.1) is 0 Å². The monoisotopic (exact) mass is 349 g/mol. The van der Waals surface area contributed by atoms with Gasteiger partial charge in [-0.05, 0) is 55.0 Å². The largest absolute Gasteiger partial charge is 0.336 e. The summed E-state index contributed by atoms with van der Waals surface area (Å²) in [6, 6.07) is 9.93. The third-order valence-corrected chi connectivity index (χ3v) is 5.11. The van der Waals surface area contributed by atoms with Crippen molar-refractivity contribution >= 4 is 27.4 Å². The molecule has 1 fully saturated rings. The molecule has 126 valence electrons. The van der Waals surface area contributed by atoms with Gasteiger partial charge in [-0.2, -0.15) is 0 Å². The first-order valence-electron chi connectivity index (χ1n) is 7.31. The predicted molar refractivity (Wildman–Crippen MR) is 89.1 cm³/mol. The van der Waals surface area contributed by atoms with Crippen molar-refractivity contribution in [3.63, 3.8) is 0 Å². The average molecular weight is 349 g/mol. The number of urea groups is 1. The van der Waals surface area contributed by atoms with Crippen molar-refractivity contribution in [2.24, 2.45) is 0 Å². The molecule has 0 bridgehead atoms. The third kappa shape index (κ3) is 3.18. The van der Waals surface area contributed by atoms with Gasteiger partial charge in [0.2, 0.25) is 0 Å². The SMILES string of the molecule is Cc1cc(S(=O)(=O)Nc2ccc(N3CCNC3=O)cc2)ccc1F. The van der Waals surface area contributed by atoms with Gasteiger partial charge >= 0.3 is 6.03 Å². The van der Waals surface area contributed by atoms with E-state index in [4.69, 9.17) is 0 Å². The molecule has 2 amide bonds. The number of hydrogen-bond donors (Lipinski definition) is 2. The Morgan fingerprint density at radius 3 is 2.46 bits per heavy atom. The minimum Gasteiger partial charge on any atom is -0.336 e. The zero-order valence-electron chi connectivity index (χ0n) is 12.9. The molecule has 2 N–H and O–H groups in total. The second-order valence-electron chi connectivity index (χ2n) is 5.45. The summed E-state index contributed by atoms with van der Waals surface area (Å²) in [7, 11) is -3.80. The number of hydrogen-bond acceptors (Lipinski definition) is 3. The lowest BCUT2D eigenvalue weighted by molar-refractivity contribution is 0.252. The molecule has 2 aromatic carbocycles. The summed E-state index contributed by atoms with van der Waals surface area (Å²) in [6.07, 6.45) is 0. The van der Waals surface area contributed by atoms with E-state index in [0.717, 1.165) is 6.07 Å². The molecule has 0 atom stereocenters. The quantitative estimate of drug-likeness (QED) is 0.890. The van der Waals surface area contributed by atoms with Crippen molar-refractivity contribution in [1.29, 1.82) is 0 Å². The Kier molecular flexibility index (Phi) is 4.15.